The molecule has 0 spiro atoms. The Kier molecular flexibility index (Phi) is 3.63. The van der Waals surface area contributed by atoms with Gasteiger partial charge >= 0.3 is 5.97 Å². The summed E-state index contributed by atoms with van der Waals surface area (Å²) in [6.07, 6.45) is 3.64. The molecule has 0 bridgehead atoms. The number of nitrogens with zero attached hydrogens (tertiary/aromatic N) is 1. The standard InChI is InChI=1S/C16H16N2O2/c19-16(12-8-9-12)20-14-6-2-1-5-13(14)11-18-15-7-3-4-10-17-15/h1-7,10,12H,8-9,11H2,(H,17,18). The van der Waals surface area contributed by atoms with Crippen LogP contribution in [-0.2, 0) is 11.3 Å². The molecule has 3 rings (SSSR count). The molecule has 4 nitrogen and oxygen atoms in total. The van der Waals surface area contributed by atoms with Gasteiger partial charge in [-0.1, -0.05) is 24.3 Å². The van der Waals surface area contributed by atoms with Crippen LogP contribution in [0.25, 0.3) is 0 Å². The Hall–Kier alpha value is -2.36. The van der Waals surface area contributed by atoms with Crippen molar-refractivity contribution in [1.29, 1.82) is 0 Å². The summed E-state index contributed by atoms with van der Waals surface area (Å²) in [6, 6.07) is 13.3. The lowest BCUT2D eigenvalue weighted by Crippen LogP contribution is -2.12. The van der Waals surface area contributed by atoms with Gasteiger partial charge in [0.05, 0.1) is 5.92 Å². The predicted octanol–water partition coefficient (Wildman–Crippen LogP) is 3.01. The van der Waals surface area contributed by atoms with Crippen LogP contribution in [0.4, 0.5) is 5.82 Å². The summed E-state index contributed by atoms with van der Waals surface area (Å²) >= 11 is 0. The minimum absolute atomic E-state index is 0.104. The van der Waals surface area contributed by atoms with Crippen molar-refractivity contribution in [1.82, 2.24) is 4.98 Å². The number of hydrogen-bond acceptors (Lipinski definition) is 4. The van der Waals surface area contributed by atoms with E-state index in [1.54, 1.807) is 6.20 Å². The first-order valence-electron chi connectivity index (χ1n) is 6.77. The van der Waals surface area contributed by atoms with Gasteiger partial charge in [-0.3, -0.25) is 4.79 Å². The molecule has 1 fully saturated rings. The molecule has 102 valence electrons. The number of hydrogen-bond donors (Lipinski definition) is 1. The van der Waals surface area contributed by atoms with E-state index in [9.17, 15) is 4.79 Å². The molecule has 2 aromatic rings. The lowest BCUT2D eigenvalue weighted by molar-refractivity contribution is -0.135. The molecular formula is C16H16N2O2. The van der Waals surface area contributed by atoms with E-state index < -0.39 is 0 Å². The van der Waals surface area contributed by atoms with Crippen molar-refractivity contribution in [3.8, 4) is 5.75 Å². The average Bonchev–Trinajstić information content (AvgIpc) is 3.32. The minimum atomic E-state index is -0.115. The van der Waals surface area contributed by atoms with Crippen molar-refractivity contribution < 1.29 is 9.53 Å². The van der Waals surface area contributed by atoms with E-state index in [1.807, 2.05) is 42.5 Å². The predicted molar refractivity (Wildman–Crippen MR) is 76.4 cm³/mol. The van der Waals surface area contributed by atoms with E-state index in [-0.39, 0.29) is 11.9 Å². The van der Waals surface area contributed by atoms with Crippen molar-refractivity contribution in [2.24, 2.45) is 5.92 Å². The van der Waals surface area contributed by atoms with E-state index in [0.717, 1.165) is 24.2 Å². The fourth-order valence-corrected chi connectivity index (χ4v) is 1.91. The molecule has 0 saturated heterocycles. The maximum Gasteiger partial charge on any atom is 0.314 e. The molecule has 20 heavy (non-hydrogen) atoms. The molecule has 4 heteroatoms. The van der Waals surface area contributed by atoms with Crippen molar-refractivity contribution >= 4 is 11.8 Å². The summed E-state index contributed by atoms with van der Waals surface area (Å²) < 4.78 is 5.46. The molecule has 0 aliphatic heterocycles. The Balaban J connectivity index is 1.67. The zero-order chi connectivity index (χ0) is 13.8. The smallest absolute Gasteiger partial charge is 0.314 e. The Morgan fingerprint density at radius 2 is 2.00 bits per heavy atom. The maximum atomic E-state index is 11.7. The number of benzene rings is 1. The Labute approximate surface area is 117 Å². The highest BCUT2D eigenvalue weighted by atomic mass is 16.5. The van der Waals surface area contributed by atoms with Crippen LogP contribution in [0.5, 0.6) is 5.75 Å². The number of nitrogens with one attached hydrogen (secondary N) is 1. The molecule has 1 saturated carbocycles. The highest BCUT2D eigenvalue weighted by Crippen LogP contribution is 2.31. The van der Waals surface area contributed by atoms with Crippen molar-refractivity contribution in [3.63, 3.8) is 0 Å². The van der Waals surface area contributed by atoms with Gasteiger partial charge in [-0.25, -0.2) is 4.98 Å². The van der Waals surface area contributed by atoms with Crippen LogP contribution in [0.3, 0.4) is 0 Å². The second-order valence-electron chi connectivity index (χ2n) is 4.87. The summed E-state index contributed by atoms with van der Waals surface area (Å²) in [5.74, 6) is 1.42. The summed E-state index contributed by atoms with van der Waals surface area (Å²) in [5.41, 5.74) is 0.951. The van der Waals surface area contributed by atoms with Gasteiger partial charge < -0.3 is 10.1 Å². The number of carbonyl (C=O) groups is 1. The second-order valence-corrected chi connectivity index (χ2v) is 4.87. The molecule has 0 amide bonds. The third kappa shape index (κ3) is 3.15. The van der Waals surface area contributed by atoms with Gasteiger partial charge in [-0.2, -0.15) is 0 Å². The van der Waals surface area contributed by atoms with Crippen LogP contribution in [0, 0.1) is 5.92 Å². The molecule has 1 aliphatic rings. The summed E-state index contributed by atoms with van der Waals surface area (Å²) in [6.45, 7) is 0.575. The number of anilines is 1. The van der Waals surface area contributed by atoms with Gasteiger partial charge in [0.15, 0.2) is 0 Å². The second kappa shape index (κ2) is 5.74. The van der Waals surface area contributed by atoms with Crippen molar-refractivity contribution in [2.45, 2.75) is 19.4 Å². The van der Waals surface area contributed by atoms with E-state index in [2.05, 4.69) is 10.3 Å². The lowest BCUT2D eigenvalue weighted by atomic mass is 10.2. The first-order valence-corrected chi connectivity index (χ1v) is 6.77. The van der Waals surface area contributed by atoms with Gasteiger partial charge in [0.25, 0.3) is 0 Å². The van der Waals surface area contributed by atoms with E-state index in [1.165, 1.54) is 0 Å². The first-order chi connectivity index (χ1) is 9.83. The zero-order valence-corrected chi connectivity index (χ0v) is 11.1. The summed E-state index contributed by atoms with van der Waals surface area (Å²) in [4.78, 5) is 15.9. The Bertz CT molecular complexity index is 594. The van der Waals surface area contributed by atoms with Gasteiger partial charge in [-0.05, 0) is 31.0 Å². The number of pyridine rings is 1. The number of esters is 1. The number of aromatic nitrogens is 1. The first kappa shape index (κ1) is 12.7. The molecule has 1 aromatic heterocycles. The Morgan fingerprint density at radius 1 is 1.20 bits per heavy atom. The van der Waals surface area contributed by atoms with Crippen LogP contribution >= 0.6 is 0 Å². The average molecular weight is 268 g/mol. The zero-order valence-electron chi connectivity index (χ0n) is 11.1. The number of rotatable bonds is 5. The van der Waals surface area contributed by atoms with Crippen LogP contribution in [0.15, 0.2) is 48.7 Å². The third-order valence-corrected chi connectivity index (χ3v) is 3.22. The third-order valence-electron chi connectivity index (χ3n) is 3.22. The maximum absolute atomic E-state index is 11.7. The topological polar surface area (TPSA) is 51.2 Å². The fourth-order valence-electron chi connectivity index (χ4n) is 1.91. The molecular weight excluding hydrogens is 252 g/mol. The van der Waals surface area contributed by atoms with Crippen LogP contribution in [0.1, 0.15) is 18.4 Å². The van der Waals surface area contributed by atoms with Gasteiger partial charge in [0.1, 0.15) is 11.6 Å². The quantitative estimate of drug-likeness (QED) is 0.669. The molecule has 0 radical (unpaired) electrons. The molecule has 1 N–H and O–H groups in total. The largest absolute Gasteiger partial charge is 0.426 e. The lowest BCUT2D eigenvalue weighted by Gasteiger charge is -2.11. The minimum Gasteiger partial charge on any atom is -0.426 e. The molecule has 1 aromatic carbocycles. The van der Waals surface area contributed by atoms with Gasteiger partial charge in [-0.15, -0.1) is 0 Å². The van der Waals surface area contributed by atoms with Gasteiger partial charge in [0.2, 0.25) is 0 Å². The van der Waals surface area contributed by atoms with Crippen molar-refractivity contribution in [2.75, 3.05) is 5.32 Å². The summed E-state index contributed by atoms with van der Waals surface area (Å²) in [5, 5.41) is 3.22. The van der Waals surface area contributed by atoms with Crippen LogP contribution in [0.2, 0.25) is 0 Å². The van der Waals surface area contributed by atoms with Crippen LogP contribution in [-0.4, -0.2) is 11.0 Å². The number of carbonyl (C=O) groups excluding carboxylic acids is 1. The summed E-state index contributed by atoms with van der Waals surface area (Å²) in [7, 11) is 0. The monoisotopic (exact) mass is 268 g/mol. The number of para-hydroxylation sites is 1. The molecule has 1 heterocycles. The van der Waals surface area contributed by atoms with E-state index in [0.29, 0.717) is 12.3 Å². The van der Waals surface area contributed by atoms with Gasteiger partial charge in [0, 0.05) is 18.3 Å². The highest BCUT2D eigenvalue weighted by molar-refractivity contribution is 5.77. The molecule has 1 aliphatic carbocycles. The fraction of sp³-hybridized carbons (Fsp3) is 0.250. The van der Waals surface area contributed by atoms with Crippen LogP contribution < -0.4 is 10.1 Å². The molecule has 0 atom stereocenters. The Morgan fingerprint density at radius 3 is 2.75 bits per heavy atom. The SMILES string of the molecule is O=C(Oc1ccccc1CNc1ccccn1)C1CC1. The van der Waals surface area contributed by atoms with E-state index >= 15 is 0 Å². The number of ether oxygens (including phenoxy) is 1. The van der Waals surface area contributed by atoms with E-state index in [4.69, 9.17) is 4.74 Å². The molecule has 0 unspecified atom stereocenters. The van der Waals surface area contributed by atoms with Crippen molar-refractivity contribution in [3.05, 3.63) is 54.2 Å². The normalized spacial score (nSPS) is 13.8. The highest BCUT2D eigenvalue weighted by Gasteiger charge is 2.31.